The van der Waals surface area contributed by atoms with Gasteiger partial charge in [0.15, 0.2) is 0 Å². The van der Waals surface area contributed by atoms with Crippen molar-refractivity contribution in [1.29, 1.82) is 0 Å². The average molecular weight is 304 g/mol. The zero-order chi connectivity index (χ0) is 15.1. The Hall–Kier alpha value is -2.34. The van der Waals surface area contributed by atoms with Crippen molar-refractivity contribution >= 4 is 28.8 Å². The second-order valence-corrected chi connectivity index (χ2v) is 5.18. The molecule has 2 amide bonds. The molecule has 2 aromatic rings. The van der Waals surface area contributed by atoms with E-state index >= 15 is 0 Å². The molecule has 1 heterocycles. The van der Waals surface area contributed by atoms with Gasteiger partial charge in [-0.3, -0.25) is 9.59 Å². The summed E-state index contributed by atoms with van der Waals surface area (Å²) in [5, 5.41) is 7.04. The van der Waals surface area contributed by atoms with Crippen LogP contribution in [0.5, 0.6) is 5.75 Å². The van der Waals surface area contributed by atoms with Gasteiger partial charge in [0.25, 0.3) is 0 Å². The molecule has 21 heavy (non-hydrogen) atoms. The van der Waals surface area contributed by atoms with E-state index in [2.05, 4.69) is 10.6 Å². The Morgan fingerprint density at radius 3 is 2.67 bits per heavy atom. The van der Waals surface area contributed by atoms with Crippen LogP contribution in [0.1, 0.15) is 11.8 Å². The molecule has 0 bridgehead atoms. The summed E-state index contributed by atoms with van der Waals surface area (Å²) in [5.74, 6) is -0.840. The molecule has 5 nitrogen and oxygen atoms in total. The number of benzene rings is 1. The largest absolute Gasteiger partial charge is 0.492 e. The second-order valence-electron chi connectivity index (χ2n) is 4.15. The molecular weight excluding hydrogens is 288 g/mol. The molecule has 2 N–H and O–H groups in total. The lowest BCUT2D eigenvalue weighted by Gasteiger charge is -2.11. The molecule has 0 radical (unpaired) electrons. The monoisotopic (exact) mass is 304 g/mol. The Labute approximate surface area is 126 Å². The van der Waals surface area contributed by atoms with E-state index in [9.17, 15) is 9.59 Å². The normalized spacial score (nSPS) is 9.95. The molecule has 0 atom stereocenters. The molecule has 1 aromatic carbocycles. The van der Waals surface area contributed by atoms with Crippen LogP contribution in [0.25, 0.3) is 0 Å². The fourth-order valence-corrected chi connectivity index (χ4v) is 2.34. The number of thiophene rings is 1. The third-order valence-electron chi connectivity index (χ3n) is 2.64. The Bertz CT molecular complexity index is 611. The SMILES string of the molecule is CCOc1ccccc1NC(=O)C(=O)NCc1cccs1. The Morgan fingerprint density at radius 2 is 1.95 bits per heavy atom. The first kappa shape index (κ1) is 15.1. The number of rotatable bonds is 5. The van der Waals surface area contributed by atoms with Crippen LogP contribution < -0.4 is 15.4 Å². The van der Waals surface area contributed by atoms with Crippen molar-refractivity contribution in [2.75, 3.05) is 11.9 Å². The number of para-hydroxylation sites is 2. The summed E-state index contributed by atoms with van der Waals surface area (Å²) in [7, 11) is 0. The van der Waals surface area contributed by atoms with Crippen LogP contribution in [0.15, 0.2) is 41.8 Å². The molecule has 6 heteroatoms. The van der Waals surface area contributed by atoms with E-state index in [-0.39, 0.29) is 0 Å². The molecule has 0 aliphatic carbocycles. The summed E-state index contributed by atoms with van der Waals surface area (Å²) >= 11 is 1.52. The molecule has 0 spiro atoms. The zero-order valence-electron chi connectivity index (χ0n) is 11.6. The molecule has 0 aliphatic heterocycles. The highest BCUT2D eigenvalue weighted by atomic mass is 32.1. The lowest BCUT2D eigenvalue weighted by atomic mass is 10.3. The summed E-state index contributed by atoms with van der Waals surface area (Å²) in [5.41, 5.74) is 0.482. The first-order valence-electron chi connectivity index (χ1n) is 6.54. The van der Waals surface area contributed by atoms with Gasteiger partial charge in [-0.25, -0.2) is 0 Å². The maximum atomic E-state index is 11.9. The number of amides is 2. The van der Waals surface area contributed by atoms with Crippen LogP contribution in [-0.2, 0) is 16.1 Å². The fourth-order valence-electron chi connectivity index (χ4n) is 1.69. The topological polar surface area (TPSA) is 67.4 Å². The predicted molar refractivity (Wildman–Crippen MR) is 82.4 cm³/mol. The van der Waals surface area contributed by atoms with E-state index in [1.54, 1.807) is 24.3 Å². The van der Waals surface area contributed by atoms with E-state index in [4.69, 9.17) is 4.74 Å². The summed E-state index contributed by atoms with van der Waals surface area (Å²) in [4.78, 5) is 24.6. The molecule has 0 saturated heterocycles. The highest BCUT2D eigenvalue weighted by molar-refractivity contribution is 7.09. The number of carbonyl (C=O) groups is 2. The third kappa shape index (κ3) is 4.32. The number of ether oxygens (including phenoxy) is 1. The van der Waals surface area contributed by atoms with Gasteiger partial charge < -0.3 is 15.4 Å². The molecule has 2 rings (SSSR count). The van der Waals surface area contributed by atoms with E-state index in [1.165, 1.54) is 11.3 Å². The lowest BCUT2D eigenvalue weighted by molar-refractivity contribution is -0.136. The molecule has 0 aliphatic rings. The van der Waals surface area contributed by atoms with Crippen molar-refractivity contribution in [3.8, 4) is 5.75 Å². The number of hydrogen-bond donors (Lipinski definition) is 2. The minimum absolute atomic E-state index is 0.344. The number of anilines is 1. The highest BCUT2D eigenvalue weighted by Crippen LogP contribution is 2.23. The second kappa shape index (κ2) is 7.44. The van der Waals surface area contributed by atoms with Crippen molar-refractivity contribution in [3.05, 3.63) is 46.7 Å². The molecule has 110 valence electrons. The van der Waals surface area contributed by atoms with Crippen molar-refractivity contribution in [3.63, 3.8) is 0 Å². The number of hydrogen-bond acceptors (Lipinski definition) is 4. The minimum atomic E-state index is -0.710. The van der Waals surface area contributed by atoms with Gasteiger partial charge in [0, 0.05) is 4.88 Å². The lowest BCUT2D eigenvalue weighted by Crippen LogP contribution is -2.34. The van der Waals surface area contributed by atoms with E-state index < -0.39 is 11.8 Å². The van der Waals surface area contributed by atoms with E-state index in [0.717, 1.165) is 4.88 Å². The minimum Gasteiger partial charge on any atom is -0.492 e. The van der Waals surface area contributed by atoms with Gasteiger partial charge in [0.1, 0.15) is 5.75 Å². The summed E-state index contributed by atoms with van der Waals surface area (Å²) < 4.78 is 5.39. The van der Waals surface area contributed by atoms with Crippen molar-refractivity contribution in [2.24, 2.45) is 0 Å². The summed E-state index contributed by atoms with van der Waals surface area (Å²) in [6.45, 7) is 2.68. The maximum absolute atomic E-state index is 11.9. The maximum Gasteiger partial charge on any atom is 0.313 e. The van der Waals surface area contributed by atoms with Gasteiger partial charge in [-0.2, -0.15) is 0 Å². The summed E-state index contributed by atoms with van der Waals surface area (Å²) in [6, 6.07) is 10.8. The number of carbonyl (C=O) groups excluding carboxylic acids is 2. The van der Waals surface area contributed by atoms with E-state index in [1.807, 2.05) is 24.4 Å². The molecule has 0 fully saturated rings. The quantitative estimate of drug-likeness (QED) is 0.834. The molecule has 0 saturated carbocycles. The average Bonchev–Trinajstić information content (AvgIpc) is 3.00. The first-order chi connectivity index (χ1) is 10.2. The molecular formula is C15H16N2O3S. The Morgan fingerprint density at radius 1 is 1.14 bits per heavy atom. The van der Waals surface area contributed by atoms with Gasteiger partial charge >= 0.3 is 11.8 Å². The Kier molecular flexibility index (Phi) is 5.34. The van der Waals surface area contributed by atoms with Crippen LogP contribution in [0, 0.1) is 0 Å². The highest BCUT2D eigenvalue weighted by Gasteiger charge is 2.15. The van der Waals surface area contributed by atoms with Gasteiger partial charge in [-0.15, -0.1) is 11.3 Å². The van der Waals surface area contributed by atoms with Gasteiger partial charge in [0.05, 0.1) is 18.8 Å². The summed E-state index contributed by atoms with van der Waals surface area (Å²) in [6.07, 6.45) is 0. The predicted octanol–water partition coefficient (Wildman–Crippen LogP) is 2.40. The fraction of sp³-hybridized carbons (Fsp3) is 0.200. The van der Waals surface area contributed by atoms with Crippen LogP contribution in [0.4, 0.5) is 5.69 Å². The van der Waals surface area contributed by atoms with Crippen molar-refractivity contribution < 1.29 is 14.3 Å². The van der Waals surface area contributed by atoms with Crippen molar-refractivity contribution in [2.45, 2.75) is 13.5 Å². The van der Waals surface area contributed by atoms with Crippen molar-refractivity contribution in [1.82, 2.24) is 5.32 Å². The zero-order valence-corrected chi connectivity index (χ0v) is 12.4. The third-order valence-corrected chi connectivity index (χ3v) is 3.52. The standard InChI is InChI=1S/C15H16N2O3S/c1-2-20-13-8-4-3-7-12(13)17-15(19)14(18)16-10-11-6-5-9-21-11/h3-9H,2,10H2,1H3,(H,16,18)(H,17,19). The smallest absolute Gasteiger partial charge is 0.313 e. The van der Waals surface area contributed by atoms with E-state index in [0.29, 0.717) is 24.6 Å². The van der Waals surface area contributed by atoms with Crippen LogP contribution in [0.2, 0.25) is 0 Å². The Balaban J connectivity index is 1.93. The van der Waals surface area contributed by atoms with Crippen LogP contribution in [0.3, 0.4) is 0 Å². The number of nitrogens with one attached hydrogen (secondary N) is 2. The molecule has 1 aromatic heterocycles. The molecule has 0 unspecified atom stereocenters. The first-order valence-corrected chi connectivity index (χ1v) is 7.42. The van der Waals surface area contributed by atoms with Gasteiger partial charge in [-0.05, 0) is 30.5 Å². The van der Waals surface area contributed by atoms with Crippen LogP contribution >= 0.6 is 11.3 Å². The van der Waals surface area contributed by atoms with Crippen LogP contribution in [-0.4, -0.2) is 18.4 Å². The van der Waals surface area contributed by atoms with Gasteiger partial charge in [0.2, 0.25) is 0 Å². The van der Waals surface area contributed by atoms with Gasteiger partial charge in [-0.1, -0.05) is 18.2 Å².